The zero-order valence-corrected chi connectivity index (χ0v) is 15.8. The van der Waals surface area contributed by atoms with E-state index in [4.69, 9.17) is 0 Å². The normalized spacial score (nSPS) is 28.6. The van der Waals surface area contributed by atoms with Crippen LogP contribution in [0.15, 0.2) is 53.0 Å². The highest BCUT2D eigenvalue weighted by Crippen LogP contribution is 2.44. The van der Waals surface area contributed by atoms with Crippen LogP contribution >= 0.6 is 27.7 Å². The second-order valence-corrected chi connectivity index (χ2v) is 8.70. The van der Waals surface area contributed by atoms with Crippen LogP contribution in [0.5, 0.6) is 0 Å². The van der Waals surface area contributed by atoms with E-state index in [0.29, 0.717) is 5.69 Å². The molecule has 0 radical (unpaired) electrons. The number of carboxylic acids is 1. The maximum absolute atomic E-state index is 12.8. The van der Waals surface area contributed by atoms with Gasteiger partial charge in [0.05, 0.1) is 16.9 Å². The lowest BCUT2D eigenvalue weighted by Gasteiger charge is -2.33. The summed E-state index contributed by atoms with van der Waals surface area (Å²) in [4.78, 5) is 37.9. The molecule has 1 aromatic rings. The summed E-state index contributed by atoms with van der Waals surface area (Å²) in [6.07, 6.45) is 6.94. The van der Waals surface area contributed by atoms with Crippen molar-refractivity contribution in [1.29, 1.82) is 0 Å². The molecule has 3 unspecified atom stereocenters. The molecule has 25 heavy (non-hydrogen) atoms. The molecule has 0 aromatic heterocycles. The number of nitrogens with zero attached hydrogens (tertiary/aromatic N) is 1. The Labute approximate surface area is 157 Å². The van der Waals surface area contributed by atoms with E-state index in [1.54, 1.807) is 55.5 Å². The third-order valence-electron chi connectivity index (χ3n) is 4.31. The number of hydrogen-bond donors (Lipinski definition) is 1. The van der Waals surface area contributed by atoms with Crippen LogP contribution in [0.3, 0.4) is 0 Å². The molecule has 1 aromatic carbocycles. The molecular weight excluding hydrogens is 406 g/mol. The Morgan fingerprint density at radius 3 is 2.60 bits per heavy atom. The van der Waals surface area contributed by atoms with Gasteiger partial charge in [-0.2, -0.15) is 0 Å². The van der Waals surface area contributed by atoms with Crippen molar-refractivity contribution >= 4 is 51.2 Å². The van der Waals surface area contributed by atoms with Gasteiger partial charge in [-0.15, -0.1) is 11.8 Å². The first-order chi connectivity index (χ1) is 11.8. The number of allylic oxidation sites excluding steroid dienone is 2. The second-order valence-electron chi connectivity index (χ2n) is 6.10. The molecule has 7 heteroatoms. The summed E-state index contributed by atoms with van der Waals surface area (Å²) in [5.41, 5.74) is 0.528. The largest absolute Gasteiger partial charge is 0.481 e. The number of carbonyl (C=O) groups is 3. The summed E-state index contributed by atoms with van der Waals surface area (Å²) >= 11 is 4.57. The van der Waals surface area contributed by atoms with Crippen LogP contribution in [0.2, 0.25) is 0 Å². The van der Waals surface area contributed by atoms with Gasteiger partial charge in [0, 0.05) is 15.6 Å². The Kier molecular flexibility index (Phi) is 4.88. The van der Waals surface area contributed by atoms with Crippen molar-refractivity contribution in [3.8, 4) is 0 Å². The summed E-state index contributed by atoms with van der Waals surface area (Å²) in [7, 11) is 0. The first-order valence-electron chi connectivity index (χ1n) is 7.71. The number of carboxylic acid groups (broad SMARTS) is 1. The number of amides is 2. The van der Waals surface area contributed by atoms with E-state index in [1.165, 1.54) is 16.7 Å². The predicted octanol–water partition coefficient (Wildman–Crippen LogP) is 3.40. The van der Waals surface area contributed by atoms with Gasteiger partial charge in [0.2, 0.25) is 11.8 Å². The Hall–Kier alpha value is -1.86. The van der Waals surface area contributed by atoms with E-state index in [1.807, 2.05) is 0 Å². The van der Waals surface area contributed by atoms with Crippen molar-refractivity contribution in [1.82, 2.24) is 0 Å². The molecule has 5 nitrogen and oxygen atoms in total. The average Bonchev–Trinajstić information content (AvgIpc) is 2.82. The van der Waals surface area contributed by atoms with Gasteiger partial charge in [0.1, 0.15) is 0 Å². The number of anilines is 1. The maximum Gasteiger partial charge on any atom is 0.312 e. The molecule has 0 spiro atoms. The van der Waals surface area contributed by atoms with Crippen molar-refractivity contribution < 1.29 is 19.5 Å². The molecule has 0 saturated carbocycles. The highest BCUT2D eigenvalue weighted by Gasteiger charge is 2.46. The number of imide groups is 1. The van der Waals surface area contributed by atoms with Crippen molar-refractivity contribution in [3.63, 3.8) is 0 Å². The van der Waals surface area contributed by atoms with Gasteiger partial charge in [0.25, 0.3) is 0 Å². The van der Waals surface area contributed by atoms with Crippen molar-refractivity contribution in [2.45, 2.75) is 23.3 Å². The molecule has 2 aliphatic rings. The van der Waals surface area contributed by atoms with Gasteiger partial charge in [-0.25, -0.2) is 4.90 Å². The first-order valence-corrected chi connectivity index (χ1v) is 9.38. The highest BCUT2D eigenvalue weighted by molar-refractivity contribution is 9.10. The smallest absolute Gasteiger partial charge is 0.312 e. The maximum atomic E-state index is 12.8. The minimum atomic E-state index is -0.947. The number of hydrogen-bond acceptors (Lipinski definition) is 4. The number of carbonyl (C=O) groups excluding carboxylic acids is 2. The fourth-order valence-electron chi connectivity index (χ4n) is 3.02. The van der Waals surface area contributed by atoms with Gasteiger partial charge >= 0.3 is 5.97 Å². The quantitative estimate of drug-likeness (QED) is 0.753. The predicted molar refractivity (Wildman–Crippen MR) is 100 cm³/mol. The fraction of sp³-hybridized carbons (Fsp3) is 0.278. The van der Waals surface area contributed by atoms with Crippen LogP contribution in [-0.2, 0) is 14.4 Å². The third-order valence-corrected chi connectivity index (χ3v) is 6.39. The molecule has 1 aliphatic heterocycles. The van der Waals surface area contributed by atoms with Crippen LogP contribution < -0.4 is 4.90 Å². The molecule has 0 bridgehead atoms. The molecule has 2 amide bonds. The standard InChI is InChI=1S/C18H16BrNO4S/c1-18(9-3-2-4-13(18)17(23)24)25-14-10-15(21)20(16(14)22)12-7-5-11(19)6-8-12/h2-9,13-14H,10H2,1H3,(H,23,24). The third kappa shape index (κ3) is 3.43. The van der Waals surface area contributed by atoms with Crippen LogP contribution in [0.1, 0.15) is 13.3 Å². The number of benzene rings is 1. The summed E-state index contributed by atoms with van der Waals surface area (Å²) in [6, 6.07) is 6.95. The zero-order chi connectivity index (χ0) is 18.2. The summed E-state index contributed by atoms with van der Waals surface area (Å²) in [6.45, 7) is 1.79. The number of rotatable bonds is 4. The van der Waals surface area contributed by atoms with E-state index in [0.717, 1.165) is 4.47 Å². The SMILES string of the molecule is CC1(SC2CC(=O)N(c3ccc(Br)cc3)C2=O)C=CC=CC1C(=O)O. The Morgan fingerprint density at radius 1 is 1.28 bits per heavy atom. The second kappa shape index (κ2) is 6.80. The minimum absolute atomic E-state index is 0.0685. The van der Waals surface area contributed by atoms with Crippen LogP contribution in [0.25, 0.3) is 0 Å². The van der Waals surface area contributed by atoms with Gasteiger partial charge in [-0.3, -0.25) is 14.4 Å². The van der Waals surface area contributed by atoms with Crippen molar-refractivity contribution in [2.24, 2.45) is 5.92 Å². The summed E-state index contributed by atoms with van der Waals surface area (Å²) < 4.78 is 0.0777. The van der Waals surface area contributed by atoms with E-state index in [2.05, 4.69) is 15.9 Å². The van der Waals surface area contributed by atoms with E-state index >= 15 is 0 Å². The Morgan fingerprint density at radius 2 is 1.96 bits per heavy atom. The molecule has 130 valence electrons. The Bertz CT molecular complexity index is 789. The molecular formula is C18H16BrNO4S. The summed E-state index contributed by atoms with van der Waals surface area (Å²) in [5.74, 6) is -2.26. The van der Waals surface area contributed by atoms with Gasteiger partial charge in [0.15, 0.2) is 0 Å². The molecule has 1 fully saturated rings. The molecule has 3 rings (SSSR count). The number of aliphatic carboxylic acids is 1. The lowest BCUT2D eigenvalue weighted by molar-refractivity contribution is -0.140. The van der Waals surface area contributed by atoms with Gasteiger partial charge < -0.3 is 5.11 Å². The van der Waals surface area contributed by atoms with E-state index in [9.17, 15) is 19.5 Å². The average molecular weight is 422 g/mol. The van der Waals surface area contributed by atoms with E-state index in [-0.39, 0.29) is 18.2 Å². The minimum Gasteiger partial charge on any atom is -0.481 e. The van der Waals surface area contributed by atoms with Crippen LogP contribution in [-0.4, -0.2) is 32.9 Å². The number of halogens is 1. The molecule has 1 aliphatic carbocycles. The first kappa shape index (κ1) is 17.9. The molecule has 1 N–H and O–H groups in total. The van der Waals surface area contributed by atoms with Gasteiger partial charge in [-0.05, 0) is 31.2 Å². The lowest BCUT2D eigenvalue weighted by Crippen LogP contribution is -2.38. The van der Waals surface area contributed by atoms with Crippen molar-refractivity contribution in [3.05, 3.63) is 53.0 Å². The zero-order valence-electron chi connectivity index (χ0n) is 13.4. The molecule has 3 atom stereocenters. The Balaban J connectivity index is 1.82. The van der Waals surface area contributed by atoms with E-state index < -0.39 is 21.9 Å². The number of thioether (sulfide) groups is 1. The lowest BCUT2D eigenvalue weighted by atomic mass is 9.89. The topological polar surface area (TPSA) is 74.7 Å². The molecule has 1 heterocycles. The van der Waals surface area contributed by atoms with Crippen LogP contribution in [0.4, 0.5) is 5.69 Å². The van der Waals surface area contributed by atoms with Gasteiger partial charge in [-0.1, -0.05) is 40.2 Å². The van der Waals surface area contributed by atoms with Crippen molar-refractivity contribution in [2.75, 3.05) is 4.90 Å². The van der Waals surface area contributed by atoms with Crippen LogP contribution in [0, 0.1) is 5.92 Å². The molecule has 1 saturated heterocycles. The fourth-order valence-corrected chi connectivity index (χ4v) is 4.81. The monoisotopic (exact) mass is 421 g/mol. The highest BCUT2D eigenvalue weighted by atomic mass is 79.9. The summed E-state index contributed by atoms with van der Waals surface area (Å²) in [5, 5.41) is 8.86.